The molecule has 0 saturated heterocycles. The molecule has 1 aromatic heterocycles. The lowest BCUT2D eigenvalue weighted by Crippen LogP contribution is -2.06. The molecule has 4 nitrogen and oxygen atoms in total. The number of nitrogens with zero attached hydrogens (tertiary/aromatic N) is 2. The van der Waals surface area contributed by atoms with E-state index < -0.39 is 0 Å². The van der Waals surface area contributed by atoms with Crippen LogP contribution in [0.1, 0.15) is 16.8 Å². The summed E-state index contributed by atoms with van der Waals surface area (Å²) in [4.78, 5) is 4.32. The fraction of sp³-hybridized carbons (Fsp3) is 0.200. The molecule has 0 aliphatic rings. The molecular weight excluding hydrogens is 238 g/mol. The van der Waals surface area contributed by atoms with E-state index in [0.717, 1.165) is 11.3 Å². The molecule has 0 saturated carbocycles. The summed E-state index contributed by atoms with van der Waals surface area (Å²) in [6.07, 6.45) is 1.76. The Morgan fingerprint density at radius 3 is 2.84 bits per heavy atom. The van der Waals surface area contributed by atoms with Crippen molar-refractivity contribution in [1.29, 1.82) is 5.26 Å². The highest BCUT2D eigenvalue weighted by atomic mass is 16.5. The first-order chi connectivity index (χ1) is 9.26. The number of methoxy groups -OCH3 is 1. The lowest BCUT2D eigenvalue weighted by Gasteiger charge is -2.13. The molecule has 4 heteroatoms. The molecule has 0 aliphatic carbocycles. The van der Waals surface area contributed by atoms with Gasteiger partial charge in [0.15, 0.2) is 0 Å². The second-order valence-corrected chi connectivity index (χ2v) is 4.12. The Morgan fingerprint density at radius 2 is 2.16 bits per heavy atom. The zero-order valence-electron chi connectivity index (χ0n) is 11.0. The molecule has 0 spiro atoms. The molecule has 0 aliphatic heterocycles. The second kappa shape index (κ2) is 5.87. The number of aromatic nitrogens is 1. The molecule has 0 atom stereocenters. The Morgan fingerprint density at radius 1 is 1.32 bits per heavy atom. The third-order valence-corrected chi connectivity index (χ3v) is 2.92. The zero-order valence-corrected chi connectivity index (χ0v) is 11.0. The fourth-order valence-corrected chi connectivity index (χ4v) is 1.85. The van der Waals surface area contributed by atoms with Gasteiger partial charge in [-0.3, -0.25) is 4.98 Å². The number of ether oxygens (including phenoxy) is 1. The number of nitrogens with one attached hydrogen (secondary N) is 1. The summed E-state index contributed by atoms with van der Waals surface area (Å²) in [5, 5.41) is 12.4. The van der Waals surface area contributed by atoms with Crippen LogP contribution in [0.25, 0.3) is 0 Å². The third kappa shape index (κ3) is 2.83. The number of aryl methyl sites for hydroxylation is 1. The van der Waals surface area contributed by atoms with Crippen molar-refractivity contribution >= 4 is 5.69 Å². The standard InChI is InChI=1S/C15H15N3O/c1-11-5-4-8-17-13(11)10-18-15-12(9-16)6-3-7-14(15)19-2/h3-8,18H,10H2,1-2H3. The summed E-state index contributed by atoms with van der Waals surface area (Å²) < 4.78 is 5.27. The zero-order chi connectivity index (χ0) is 13.7. The van der Waals surface area contributed by atoms with Gasteiger partial charge in [0.05, 0.1) is 30.6 Å². The first-order valence-electron chi connectivity index (χ1n) is 5.97. The van der Waals surface area contributed by atoms with Crippen molar-refractivity contribution in [2.75, 3.05) is 12.4 Å². The molecular formula is C15H15N3O. The number of anilines is 1. The van der Waals surface area contributed by atoms with E-state index in [0.29, 0.717) is 23.5 Å². The Bertz CT molecular complexity index is 617. The largest absolute Gasteiger partial charge is 0.495 e. The van der Waals surface area contributed by atoms with Crippen LogP contribution in [0, 0.1) is 18.3 Å². The molecule has 96 valence electrons. The van der Waals surface area contributed by atoms with E-state index in [1.165, 1.54) is 0 Å². The van der Waals surface area contributed by atoms with Gasteiger partial charge in [0.1, 0.15) is 11.8 Å². The van der Waals surface area contributed by atoms with E-state index in [2.05, 4.69) is 16.4 Å². The van der Waals surface area contributed by atoms with Crippen molar-refractivity contribution in [2.45, 2.75) is 13.5 Å². The van der Waals surface area contributed by atoms with Crippen molar-refractivity contribution in [3.63, 3.8) is 0 Å². The molecule has 1 aromatic carbocycles. The number of pyridine rings is 1. The topological polar surface area (TPSA) is 57.9 Å². The van der Waals surface area contributed by atoms with E-state index in [4.69, 9.17) is 10.00 Å². The molecule has 0 unspecified atom stereocenters. The Hall–Kier alpha value is -2.54. The van der Waals surface area contributed by atoms with E-state index in [1.54, 1.807) is 25.4 Å². The van der Waals surface area contributed by atoms with Gasteiger partial charge in [-0.15, -0.1) is 0 Å². The molecule has 2 rings (SSSR count). The summed E-state index contributed by atoms with van der Waals surface area (Å²) in [6.45, 7) is 2.57. The van der Waals surface area contributed by atoms with Gasteiger partial charge in [-0.05, 0) is 30.7 Å². The van der Waals surface area contributed by atoms with Crippen LogP contribution in [-0.4, -0.2) is 12.1 Å². The smallest absolute Gasteiger partial charge is 0.143 e. The minimum absolute atomic E-state index is 0.557. The summed E-state index contributed by atoms with van der Waals surface area (Å²) in [7, 11) is 1.59. The lowest BCUT2D eigenvalue weighted by molar-refractivity contribution is 0.416. The lowest BCUT2D eigenvalue weighted by atomic mass is 10.1. The van der Waals surface area contributed by atoms with Gasteiger partial charge in [-0.25, -0.2) is 0 Å². The normalized spacial score (nSPS) is 9.74. The molecule has 2 aromatic rings. The van der Waals surface area contributed by atoms with Crippen LogP contribution in [0.5, 0.6) is 5.75 Å². The molecule has 19 heavy (non-hydrogen) atoms. The van der Waals surface area contributed by atoms with Crippen LogP contribution in [0.2, 0.25) is 0 Å². The highest BCUT2D eigenvalue weighted by Gasteiger charge is 2.09. The van der Waals surface area contributed by atoms with Gasteiger partial charge in [0.25, 0.3) is 0 Å². The minimum Gasteiger partial charge on any atom is -0.495 e. The van der Waals surface area contributed by atoms with Crippen LogP contribution in [0.15, 0.2) is 36.5 Å². The van der Waals surface area contributed by atoms with Gasteiger partial charge in [0.2, 0.25) is 0 Å². The van der Waals surface area contributed by atoms with Gasteiger partial charge < -0.3 is 10.1 Å². The fourth-order valence-electron chi connectivity index (χ4n) is 1.85. The number of hydrogen-bond donors (Lipinski definition) is 1. The van der Waals surface area contributed by atoms with Crippen LogP contribution in [-0.2, 0) is 6.54 Å². The molecule has 1 N–H and O–H groups in total. The van der Waals surface area contributed by atoms with Crippen LogP contribution < -0.4 is 10.1 Å². The van der Waals surface area contributed by atoms with Gasteiger partial charge >= 0.3 is 0 Å². The number of rotatable bonds is 4. The van der Waals surface area contributed by atoms with E-state index in [-0.39, 0.29) is 0 Å². The van der Waals surface area contributed by atoms with Gasteiger partial charge in [-0.1, -0.05) is 12.1 Å². The summed E-state index contributed by atoms with van der Waals surface area (Å²) in [5.41, 5.74) is 3.34. The molecule has 1 heterocycles. The van der Waals surface area contributed by atoms with Crippen molar-refractivity contribution in [3.8, 4) is 11.8 Å². The summed E-state index contributed by atoms with van der Waals surface area (Å²) >= 11 is 0. The van der Waals surface area contributed by atoms with Crippen LogP contribution in [0.3, 0.4) is 0 Å². The Kier molecular flexibility index (Phi) is 3.99. The molecule has 0 fully saturated rings. The van der Waals surface area contributed by atoms with E-state index in [1.807, 2.05) is 25.1 Å². The quantitative estimate of drug-likeness (QED) is 0.910. The maximum Gasteiger partial charge on any atom is 0.143 e. The summed E-state index contributed by atoms with van der Waals surface area (Å²) in [5.74, 6) is 0.660. The average molecular weight is 253 g/mol. The molecule has 0 amide bonds. The number of hydrogen-bond acceptors (Lipinski definition) is 4. The SMILES string of the molecule is COc1cccc(C#N)c1NCc1ncccc1C. The summed E-state index contributed by atoms with van der Waals surface area (Å²) in [6, 6.07) is 11.5. The first-order valence-corrected chi connectivity index (χ1v) is 5.97. The highest BCUT2D eigenvalue weighted by Crippen LogP contribution is 2.28. The maximum atomic E-state index is 9.13. The molecule has 0 bridgehead atoms. The Labute approximate surface area is 112 Å². The van der Waals surface area contributed by atoms with Crippen molar-refractivity contribution in [2.24, 2.45) is 0 Å². The predicted octanol–water partition coefficient (Wildman–Crippen LogP) is 2.88. The van der Waals surface area contributed by atoms with Crippen LogP contribution in [0.4, 0.5) is 5.69 Å². The van der Waals surface area contributed by atoms with E-state index >= 15 is 0 Å². The minimum atomic E-state index is 0.557. The molecule has 0 radical (unpaired) electrons. The predicted molar refractivity (Wildman–Crippen MR) is 74.0 cm³/mol. The maximum absolute atomic E-state index is 9.13. The third-order valence-electron chi connectivity index (χ3n) is 2.92. The monoisotopic (exact) mass is 253 g/mol. The second-order valence-electron chi connectivity index (χ2n) is 4.12. The van der Waals surface area contributed by atoms with E-state index in [9.17, 15) is 0 Å². The first kappa shape index (κ1) is 12.9. The van der Waals surface area contributed by atoms with Gasteiger partial charge in [-0.2, -0.15) is 5.26 Å². The van der Waals surface area contributed by atoms with Crippen molar-refractivity contribution in [3.05, 3.63) is 53.3 Å². The van der Waals surface area contributed by atoms with Crippen molar-refractivity contribution in [1.82, 2.24) is 4.98 Å². The van der Waals surface area contributed by atoms with Crippen LogP contribution >= 0.6 is 0 Å². The average Bonchev–Trinajstić information content (AvgIpc) is 2.46. The number of benzene rings is 1. The van der Waals surface area contributed by atoms with Gasteiger partial charge in [0, 0.05) is 6.20 Å². The van der Waals surface area contributed by atoms with Crippen molar-refractivity contribution < 1.29 is 4.74 Å². The Balaban J connectivity index is 2.25. The number of nitriles is 1. The number of para-hydroxylation sites is 1. The highest BCUT2D eigenvalue weighted by molar-refractivity contribution is 5.66.